The monoisotopic (exact) mass is 252 g/mol. The van der Waals surface area contributed by atoms with Crippen LogP contribution in [0.1, 0.15) is 39.0 Å². The molecule has 0 unspecified atom stereocenters. The average molecular weight is 252 g/mol. The number of rotatable bonds is 10. The van der Waals surface area contributed by atoms with E-state index >= 15 is 0 Å². The fourth-order valence-electron chi connectivity index (χ4n) is 1.61. The van der Waals surface area contributed by atoms with Gasteiger partial charge in [0.25, 0.3) is 0 Å². The second-order valence-corrected chi connectivity index (χ2v) is 4.31. The van der Waals surface area contributed by atoms with E-state index in [0.29, 0.717) is 6.61 Å². The van der Waals surface area contributed by atoms with Crippen LogP contribution in [0.2, 0.25) is 0 Å². The molecule has 0 heterocycles. The molecular weight excluding hydrogens is 228 g/mol. The van der Waals surface area contributed by atoms with Crippen molar-refractivity contribution in [2.24, 2.45) is 0 Å². The van der Waals surface area contributed by atoms with E-state index in [-0.39, 0.29) is 0 Å². The molecule has 1 aromatic carbocycles. The summed E-state index contributed by atoms with van der Waals surface area (Å²) in [6.07, 6.45) is 5.13. The van der Waals surface area contributed by atoms with Crippen LogP contribution in [0, 0.1) is 0 Å². The lowest BCUT2D eigenvalue weighted by atomic mass is 10.2. The summed E-state index contributed by atoms with van der Waals surface area (Å²) in [5.74, 6) is 1.79. The Balaban J connectivity index is 2.14. The molecule has 0 fully saturated rings. The molecule has 102 valence electrons. The maximum Gasteiger partial charge on any atom is 0.119 e. The average Bonchev–Trinajstić information content (AvgIpc) is 2.42. The Hall–Kier alpha value is -1.22. The minimum absolute atomic E-state index is 0.292. The first kappa shape index (κ1) is 14.8. The van der Waals surface area contributed by atoms with Gasteiger partial charge >= 0.3 is 0 Å². The molecule has 0 radical (unpaired) electrons. The van der Waals surface area contributed by atoms with Gasteiger partial charge in [0.05, 0.1) is 13.2 Å². The second kappa shape index (κ2) is 9.77. The van der Waals surface area contributed by atoms with Gasteiger partial charge in [-0.1, -0.05) is 13.3 Å². The first-order valence-corrected chi connectivity index (χ1v) is 6.83. The smallest absolute Gasteiger partial charge is 0.119 e. The second-order valence-electron chi connectivity index (χ2n) is 4.31. The Morgan fingerprint density at radius 1 is 0.833 bits per heavy atom. The van der Waals surface area contributed by atoms with Gasteiger partial charge in [-0.3, -0.25) is 0 Å². The normalized spacial score (nSPS) is 10.3. The summed E-state index contributed by atoms with van der Waals surface area (Å²) in [7, 11) is 0. The fourth-order valence-corrected chi connectivity index (χ4v) is 1.61. The van der Waals surface area contributed by atoms with Gasteiger partial charge in [-0.05, 0) is 49.9 Å². The maximum atomic E-state index is 8.65. The van der Waals surface area contributed by atoms with Gasteiger partial charge in [0.2, 0.25) is 0 Å². The molecule has 1 rings (SSSR count). The van der Waals surface area contributed by atoms with E-state index < -0.39 is 0 Å². The standard InChI is InChI=1S/C15H24O3/c1-2-12-17-14-7-9-15(10-8-14)18-13-6-4-3-5-11-16/h7-10,16H,2-6,11-13H2,1H3. The van der Waals surface area contributed by atoms with E-state index in [1.54, 1.807) is 0 Å². The summed E-state index contributed by atoms with van der Waals surface area (Å²) >= 11 is 0. The molecule has 0 aliphatic heterocycles. The Morgan fingerprint density at radius 2 is 1.39 bits per heavy atom. The Morgan fingerprint density at radius 3 is 1.94 bits per heavy atom. The predicted octanol–water partition coefficient (Wildman–Crippen LogP) is 3.41. The molecule has 0 saturated carbocycles. The van der Waals surface area contributed by atoms with E-state index in [4.69, 9.17) is 14.6 Å². The maximum absolute atomic E-state index is 8.65. The third kappa shape index (κ3) is 6.50. The molecule has 18 heavy (non-hydrogen) atoms. The SMILES string of the molecule is CCCOc1ccc(OCCCCCCO)cc1. The Labute approximate surface area is 110 Å². The Bertz CT molecular complexity index is 295. The number of hydrogen-bond acceptors (Lipinski definition) is 3. The molecule has 0 bridgehead atoms. The molecule has 0 saturated heterocycles. The minimum Gasteiger partial charge on any atom is -0.494 e. The van der Waals surface area contributed by atoms with Crippen LogP contribution in [-0.4, -0.2) is 24.9 Å². The highest BCUT2D eigenvalue weighted by atomic mass is 16.5. The molecule has 0 spiro atoms. The molecule has 0 amide bonds. The van der Waals surface area contributed by atoms with Gasteiger partial charge in [-0.25, -0.2) is 0 Å². The van der Waals surface area contributed by atoms with Crippen molar-refractivity contribution in [3.8, 4) is 11.5 Å². The quantitative estimate of drug-likeness (QED) is 0.649. The van der Waals surface area contributed by atoms with Crippen LogP contribution >= 0.6 is 0 Å². The number of ether oxygens (including phenoxy) is 2. The zero-order valence-corrected chi connectivity index (χ0v) is 11.2. The summed E-state index contributed by atoms with van der Waals surface area (Å²) in [6.45, 7) is 3.88. The molecule has 1 aromatic rings. The van der Waals surface area contributed by atoms with Crippen LogP contribution in [0.3, 0.4) is 0 Å². The van der Waals surface area contributed by atoms with Gasteiger partial charge < -0.3 is 14.6 Å². The minimum atomic E-state index is 0.292. The first-order valence-electron chi connectivity index (χ1n) is 6.83. The van der Waals surface area contributed by atoms with Crippen LogP contribution in [-0.2, 0) is 0 Å². The topological polar surface area (TPSA) is 38.7 Å². The summed E-state index contributed by atoms with van der Waals surface area (Å²) < 4.78 is 11.1. The molecule has 0 aromatic heterocycles. The van der Waals surface area contributed by atoms with Crippen LogP contribution in [0.4, 0.5) is 0 Å². The van der Waals surface area contributed by atoms with Crippen molar-refractivity contribution in [3.63, 3.8) is 0 Å². The Kier molecular flexibility index (Phi) is 8.06. The van der Waals surface area contributed by atoms with Gasteiger partial charge in [-0.2, -0.15) is 0 Å². The van der Waals surface area contributed by atoms with Crippen molar-refractivity contribution in [3.05, 3.63) is 24.3 Å². The van der Waals surface area contributed by atoms with Crippen molar-refractivity contribution in [2.45, 2.75) is 39.0 Å². The van der Waals surface area contributed by atoms with Crippen LogP contribution in [0.15, 0.2) is 24.3 Å². The number of aliphatic hydroxyl groups is 1. The molecule has 0 aliphatic rings. The van der Waals surface area contributed by atoms with Crippen LogP contribution in [0.25, 0.3) is 0 Å². The van der Waals surface area contributed by atoms with Gasteiger partial charge in [0, 0.05) is 6.61 Å². The molecule has 3 heteroatoms. The van der Waals surface area contributed by atoms with Gasteiger partial charge in [0.1, 0.15) is 11.5 Å². The predicted molar refractivity (Wildman–Crippen MR) is 73.3 cm³/mol. The number of benzene rings is 1. The third-order valence-corrected chi connectivity index (χ3v) is 2.62. The highest BCUT2D eigenvalue weighted by Crippen LogP contribution is 2.18. The largest absolute Gasteiger partial charge is 0.494 e. The zero-order valence-electron chi connectivity index (χ0n) is 11.2. The lowest BCUT2D eigenvalue weighted by Gasteiger charge is -2.08. The first-order chi connectivity index (χ1) is 8.86. The lowest BCUT2D eigenvalue weighted by Crippen LogP contribution is -1.98. The van der Waals surface area contributed by atoms with Gasteiger partial charge in [0.15, 0.2) is 0 Å². The van der Waals surface area contributed by atoms with E-state index in [1.165, 1.54) is 0 Å². The number of hydrogen-bond donors (Lipinski definition) is 1. The van der Waals surface area contributed by atoms with Crippen molar-refractivity contribution >= 4 is 0 Å². The lowest BCUT2D eigenvalue weighted by molar-refractivity contribution is 0.273. The van der Waals surface area contributed by atoms with Crippen molar-refractivity contribution < 1.29 is 14.6 Å². The molecule has 3 nitrogen and oxygen atoms in total. The van der Waals surface area contributed by atoms with Crippen molar-refractivity contribution in [1.82, 2.24) is 0 Å². The highest BCUT2D eigenvalue weighted by Gasteiger charge is 1.96. The van der Waals surface area contributed by atoms with E-state index in [0.717, 1.165) is 56.8 Å². The summed E-state index contributed by atoms with van der Waals surface area (Å²) in [6, 6.07) is 7.77. The van der Waals surface area contributed by atoms with Gasteiger partial charge in [-0.15, -0.1) is 0 Å². The van der Waals surface area contributed by atoms with E-state index in [1.807, 2.05) is 24.3 Å². The summed E-state index contributed by atoms with van der Waals surface area (Å²) in [4.78, 5) is 0. The van der Waals surface area contributed by atoms with Crippen LogP contribution < -0.4 is 9.47 Å². The number of aliphatic hydroxyl groups excluding tert-OH is 1. The number of unbranched alkanes of at least 4 members (excludes halogenated alkanes) is 3. The molecular formula is C15H24O3. The van der Waals surface area contributed by atoms with E-state index in [2.05, 4.69) is 6.92 Å². The van der Waals surface area contributed by atoms with Crippen molar-refractivity contribution in [2.75, 3.05) is 19.8 Å². The molecule has 0 atom stereocenters. The third-order valence-electron chi connectivity index (χ3n) is 2.62. The fraction of sp³-hybridized carbons (Fsp3) is 0.600. The molecule has 1 N–H and O–H groups in total. The van der Waals surface area contributed by atoms with E-state index in [9.17, 15) is 0 Å². The van der Waals surface area contributed by atoms with Crippen molar-refractivity contribution in [1.29, 1.82) is 0 Å². The summed E-state index contributed by atoms with van der Waals surface area (Å²) in [5.41, 5.74) is 0. The zero-order chi connectivity index (χ0) is 13.1. The van der Waals surface area contributed by atoms with Crippen LogP contribution in [0.5, 0.6) is 11.5 Å². The highest BCUT2D eigenvalue weighted by molar-refractivity contribution is 5.31. The molecule has 0 aliphatic carbocycles. The summed E-state index contributed by atoms with van der Waals surface area (Å²) in [5, 5.41) is 8.65.